The molecule has 15 N–H and O–H groups in total. The molecule has 0 aromatic carbocycles. The molecule has 0 radical (unpaired) electrons. The Morgan fingerprint density at radius 2 is 1.29 bits per heavy atom. The number of guanidine groups is 1. The van der Waals surface area contributed by atoms with Crippen molar-refractivity contribution >= 4 is 41.5 Å². The Kier molecular flexibility index (Phi) is 16.4. The number of amides is 4. The van der Waals surface area contributed by atoms with Gasteiger partial charge in [0, 0.05) is 13.0 Å². The van der Waals surface area contributed by atoms with E-state index in [0.717, 1.165) is 0 Å². The van der Waals surface area contributed by atoms with Crippen LogP contribution in [0.2, 0.25) is 0 Å². The van der Waals surface area contributed by atoms with Crippen molar-refractivity contribution in [3.8, 4) is 0 Å². The SMILES string of the molecule is NCCCCC(NC(=O)C(CCC(N)=O)NC(=O)C(N)CCCN=C(N)N)C(=O)NC(CC(=O)O)C(=O)O. The van der Waals surface area contributed by atoms with Gasteiger partial charge in [-0.3, -0.25) is 29.0 Å². The number of nitrogens with one attached hydrogen (secondary N) is 3. The highest BCUT2D eigenvalue weighted by Crippen LogP contribution is 2.06. The number of rotatable bonds is 20. The monoisotopic (exact) mass is 545 g/mol. The maximum Gasteiger partial charge on any atom is 0.326 e. The molecule has 0 heterocycles. The van der Waals surface area contributed by atoms with E-state index in [-0.39, 0.29) is 44.7 Å². The molecular formula is C21H39N9O8. The Morgan fingerprint density at radius 1 is 0.737 bits per heavy atom. The van der Waals surface area contributed by atoms with Crippen LogP contribution in [0, 0.1) is 0 Å². The lowest BCUT2D eigenvalue weighted by Gasteiger charge is -2.25. The third-order valence-electron chi connectivity index (χ3n) is 5.19. The lowest BCUT2D eigenvalue weighted by atomic mass is 10.0. The molecule has 4 atom stereocenters. The number of nitrogens with zero attached hydrogens (tertiary/aromatic N) is 1. The number of unbranched alkanes of at least 4 members (excludes halogenated alkanes) is 1. The lowest BCUT2D eigenvalue weighted by molar-refractivity contribution is -0.147. The fourth-order valence-electron chi connectivity index (χ4n) is 3.17. The van der Waals surface area contributed by atoms with Gasteiger partial charge >= 0.3 is 11.9 Å². The molecule has 38 heavy (non-hydrogen) atoms. The van der Waals surface area contributed by atoms with Crippen molar-refractivity contribution < 1.29 is 39.0 Å². The van der Waals surface area contributed by atoms with E-state index in [9.17, 15) is 33.9 Å². The number of carbonyl (C=O) groups excluding carboxylic acids is 4. The smallest absolute Gasteiger partial charge is 0.326 e. The molecule has 0 aliphatic heterocycles. The van der Waals surface area contributed by atoms with Gasteiger partial charge in [-0.15, -0.1) is 0 Å². The Balaban J connectivity index is 5.53. The molecule has 0 rings (SSSR count). The third-order valence-corrected chi connectivity index (χ3v) is 5.19. The molecule has 0 fully saturated rings. The zero-order valence-corrected chi connectivity index (χ0v) is 21.1. The second-order valence-electron chi connectivity index (χ2n) is 8.46. The third kappa shape index (κ3) is 15.2. The first-order valence-electron chi connectivity index (χ1n) is 11.9. The predicted octanol–water partition coefficient (Wildman–Crippen LogP) is -4.22. The number of hydrogen-bond donors (Lipinski definition) is 10. The molecule has 4 unspecified atom stereocenters. The van der Waals surface area contributed by atoms with Crippen molar-refractivity contribution in [2.45, 2.75) is 75.5 Å². The molecule has 0 aliphatic rings. The van der Waals surface area contributed by atoms with Gasteiger partial charge < -0.3 is 54.8 Å². The van der Waals surface area contributed by atoms with Gasteiger partial charge in [-0.2, -0.15) is 0 Å². The molecule has 216 valence electrons. The highest BCUT2D eigenvalue weighted by molar-refractivity contribution is 5.94. The highest BCUT2D eigenvalue weighted by atomic mass is 16.4. The molecule has 0 aromatic heterocycles. The first kappa shape index (κ1) is 34.0. The van der Waals surface area contributed by atoms with Crippen LogP contribution in [0.1, 0.15) is 51.4 Å². The normalized spacial score (nSPS) is 13.7. The van der Waals surface area contributed by atoms with Crippen LogP contribution >= 0.6 is 0 Å². The van der Waals surface area contributed by atoms with Crippen LogP contribution in [-0.4, -0.2) is 89.0 Å². The summed E-state index contributed by atoms with van der Waals surface area (Å²) in [6.45, 7) is 0.519. The topological polar surface area (TPSA) is 321 Å². The van der Waals surface area contributed by atoms with E-state index in [1.54, 1.807) is 0 Å². The van der Waals surface area contributed by atoms with Crippen molar-refractivity contribution in [3.05, 3.63) is 0 Å². The van der Waals surface area contributed by atoms with E-state index in [4.69, 9.17) is 33.8 Å². The van der Waals surface area contributed by atoms with Crippen molar-refractivity contribution in [3.63, 3.8) is 0 Å². The summed E-state index contributed by atoms with van der Waals surface area (Å²) in [5.74, 6) is -6.40. The molecule has 0 bridgehead atoms. The van der Waals surface area contributed by atoms with Crippen LogP contribution in [0.4, 0.5) is 0 Å². The minimum absolute atomic E-state index is 0.0367. The Hall–Kier alpha value is -3.99. The summed E-state index contributed by atoms with van der Waals surface area (Å²) in [7, 11) is 0. The van der Waals surface area contributed by atoms with Crippen LogP contribution in [-0.2, 0) is 28.8 Å². The molecule has 0 saturated carbocycles. The molecule has 17 nitrogen and oxygen atoms in total. The average Bonchev–Trinajstić information content (AvgIpc) is 2.82. The van der Waals surface area contributed by atoms with Gasteiger partial charge in [-0.05, 0) is 45.1 Å². The van der Waals surface area contributed by atoms with E-state index in [0.29, 0.717) is 19.3 Å². The molecule has 0 aliphatic carbocycles. The van der Waals surface area contributed by atoms with Crippen LogP contribution in [0.15, 0.2) is 4.99 Å². The van der Waals surface area contributed by atoms with Crippen LogP contribution in [0.3, 0.4) is 0 Å². The number of aliphatic carboxylic acids is 2. The minimum Gasteiger partial charge on any atom is -0.481 e. The van der Waals surface area contributed by atoms with E-state index in [1.165, 1.54) is 0 Å². The van der Waals surface area contributed by atoms with Gasteiger partial charge in [-0.25, -0.2) is 4.79 Å². The zero-order valence-electron chi connectivity index (χ0n) is 21.1. The molecular weight excluding hydrogens is 506 g/mol. The van der Waals surface area contributed by atoms with Crippen LogP contribution < -0.4 is 44.6 Å². The Morgan fingerprint density at radius 3 is 1.79 bits per heavy atom. The molecule has 4 amide bonds. The summed E-state index contributed by atoms with van der Waals surface area (Å²) in [5.41, 5.74) is 27.0. The maximum absolute atomic E-state index is 13.0. The minimum atomic E-state index is -1.74. The first-order valence-corrected chi connectivity index (χ1v) is 11.9. The van der Waals surface area contributed by atoms with Crippen LogP contribution in [0.25, 0.3) is 0 Å². The molecule has 0 saturated heterocycles. The summed E-state index contributed by atoms with van der Waals surface area (Å²) in [6, 6.07) is -5.37. The van der Waals surface area contributed by atoms with Gasteiger partial charge in [-0.1, -0.05) is 0 Å². The predicted molar refractivity (Wildman–Crippen MR) is 135 cm³/mol. The average molecular weight is 546 g/mol. The Bertz CT molecular complexity index is 864. The van der Waals surface area contributed by atoms with Crippen molar-refractivity contribution in [2.75, 3.05) is 13.1 Å². The molecule has 0 aromatic rings. The van der Waals surface area contributed by atoms with Crippen molar-refractivity contribution in [2.24, 2.45) is 33.7 Å². The first-order chi connectivity index (χ1) is 17.8. The number of carbonyl (C=O) groups is 6. The second-order valence-corrected chi connectivity index (χ2v) is 8.46. The quantitative estimate of drug-likeness (QED) is 0.0395. The molecule has 0 spiro atoms. The largest absolute Gasteiger partial charge is 0.481 e. The van der Waals surface area contributed by atoms with Crippen LogP contribution in [0.5, 0.6) is 0 Å². The summed E-state index contributed by atoms with van der Waals surface area (Å²) in [4.78, 5) is 75.7. The fourth-order valence-corrected chi connectivity index (χ4v) is 3.17. The van der Waals surface area contributed by atoms with E-state index in [1.807, 2.05) is 0 Å². The van der Waals surface area contributed by atoms with Gasteiger partial charge in [0.25, 0.3) is 0 Å². The number of nitrogens with two attached hydrogens (primary N) is 5. The standard InChI is InChI=1S/C21H39N9O8/c22-8-2-1-5-12(18(35)30-14(20(37)38)10-16(32)33)29-19(36)13(6-7-15(24)31)28-17(34)11(23)4-3-9-27-21(25)26/h11-14H,1-10,22-23H2,(H2,24,31)(H,28,34)(H,29,36)(H,30,35)(H,32,33)(H,37,38)(H4,25,26,27). The summed E-state index contributed by atoms with van der Waals surface area (Å²) < 4.78 is 0. The number of carboxylic acid groups (broad SMARTS) is 2. The highest BCUT2D eigenvalue weighted by Gasteiger charge is 2.31. The van der Waals surface area contributed by atoms with E-state index >= 15 is 0 Å². The molecule has 17 heteroatoms. The summed E-state index contributed by atoms with van der Waals surface area (Å²) >= 11 is 0. The van der Waals surface area contributed by atoms with Crippen molar-refractivity contribution in [1.82, 2.24) is 16.0 Å². The van der Waals surface area contributed by atoms with Gasteiger partial charge in [0.05, 0.1) is 12.5 Å². The Labute approximate surface area is 219 Å². The fraction of sp³-hybridized carbons (Fsp3) is 0.667. The van der Waals surface area contributed by atoms with Gasteiger partial charge in [0.2, 0.25) is 23.6 Å². The lowest BCUT2D eigenvalue weighted by Crippen LogP contribution is -2.57. The van der Waals surface area contributed by atoms with Gasteiger partial charge in [0.15, 0.2) is 5.96 Å². The maximum atomic E-state index is 13.0. The number of primary amides is 1. The summed E-state index contributed by atoms with van der Waals surface area (Å²) in [5, 5.41) is 25.0. The number of hydrogen-bond acceptors (Lipinski definition) is 9. The second kappa shape index (κ2) is 18.3. The van der Waals surface area contributed by atoms with E-state index < -0.39 is 66.2 Å². The number of aliphatic imine (C=N–C) groups is 1. The van der Waals surface area contributed by atoms with Gasteiger partial charge in [0.1, 0.15) is 18.1 Å². The number of carboxylic acids is 2. The zero-order chi connectivity index (χ0) is 29.3. The van der Waals surface area contributed by atoms with Crippen molar-refractivity contribution in [1.29, 1.82) is 0 Å². The van der Waals surface area contributed by atoms with E-state index in [2.05, 4.69) is 20.9 Å². The summed E-state index contributed by atoms with van der Waals surface area (Å²) in [6.07, 6.45) is 0.0611.